The molecule has 0 bridgehead atoms. The Labute approximate surface area is 181 Å². The highest BCUT2D eigenvalue weighted by Gasteiger charge is 2.32. The Morgan fingerprint density at radius 3 is 2.42 bits per heavy atom. The van der Waals surface area contributed by atoms with Crippen molar-refractivity contribution >= 4 is 35.5 Å². The van der Waals surface area contributed by atoms with Crippen LogP contribution in [-0.4, -0.2) is 16.0 Å². The van der Waals surface area contributed by atoms with E-state index < -0.39 is 6.36 Å². The van der Waals surface area contributed by atoms with Crippen LogP contribution in [0.4, 0.5) is 13.2 Å². The molecule has 3 aromatic rings. The topological polar surface area (TPSA) is 83.8 Å². The predicted octanol–water partition coefficient (Wildman–Crippen LogP) is 4.66. The van der Waals surface area contributed by atoms with Crippen molar-refractivity contribution in [1.82, 2.24) is 4.57 Å². The van der Waals surface area contributed by atoms with Gasteiger partial charge in [0.05, 0.1) is 11.4 Å². The van der Waals surface area contributed by atoms with Crippen molar-refractivity contribution in [2.24, 2.45) is 20.7 Å². The van der Waals surface area contributed by atoms with Crippen molar-refractivity contribution in [3.63, 3.8) is 0 Å². The molecule has 0 saturated heterocycles. The van der Waals surface area contributed by atoms with E-state index in [1.54, 1.807) is 36.4 Å². The van der Waals surface area contributed by atoms with Gasteiger partial charge in [0.15, 0.2) is 3.95 Å². The van der Waals surface area contributed by atoms with Crippen molar-refractivity contribution in [2.45, 2.75) is 12.9 Å². The van der Waals surface area contributed by atoms with Crippen LogP contribution in [0.1, 0.15) is 10.4 Å². The highest BCUT2D eigenvalue weighted by Crippen LogP contribution is 2.31. The monoisotopic (exact) mass is 463 g/mol. The maximum absolute atomic E-state index is 12.7. The minimum Gasteiger partial charge on any atom is -0.493 e. The molecule has 0 spiro atoms. The third-order valence-corrected chi connectivity index (χ3v) is 5.59. The lowest BCUT2D eigenvalue weighted by Gasteiger charge is -2.13. The van der Waals surface area contributed by atoms with Crippen LogP contribution in [-0.2, 0) is 6.54 Å². The number of para-hydroxylation sites is 1. The molecule has 4 rings (SSSR count). The molecule has 1 aromatic heterocycles. The fourth-order valence-corrected chi connectivity index (χ4v) is 4.08. The Kier molecular flexibility index (Phi) is 5.65. The molecule has 1 aliphatic rings. The first-order valence-corrected chi connectivity index (χ1v) is 9.93. The van der Waals surface area contributed by atoms with Crippen LogP contribution in [0.3, 0.4) is 0 Å². The highest BCUT2D eigenvalue weighted by atomic mass is 32.1. The molecule has 0 saturated carbocycles. The Bertz CT molecular complexity index is 1340. The molecule has 2 aromatic carbocycles. The summed E-state index contributed by atoms with van der Waals surface area (Å²) in [5, 5.41) is 26.6. The fourth-order valence-electron chi connectivity index (χ4n) is 2.82. The molecule has 1 aliphatic heterocycles. The van der Waals surface area contributed by atoms with E-state index in [-0.39, 0.29) is 23.7 Å². The van der Waals surface area contributed by atoms with Gasteiger partial charge in [-0.05, 0) is 40.0 Å². The van der Waals surface area contributed by atoms with E-state index in [4.69, 9.17) is 12.2 Å². The van der Waals surface area contributed by atoms with Crippen LogP contribution in [0, 0.1) is 3.95 Å². The number of alkyl halides is 3. The Balaban J connectivity index is 1.66. The standard InChI is InChI=1S/C19H12F3N5O2S2/c20-19(21,22)29-14-4-2-1-3-13(14)10-27-17(28)15(31-18(27)30)9-11-5-7-12(8-6-11)16-23-25-26-24-16/h1-9,28H,10H2. The summed E-state index contributed by atoms with van der Waals surface area (Å²) in [5.41, 5.74) is 0.233. The second-order valence-electron chi connectivity index (χ2n) is 6.27. The normalized spacial score (nSPS) is 13.1. The first-order chi connectivity index (χ1) is 14.8. The van der Waals surface area contributed by atoms with Crippen molar-refractivity contribution in [3.05, 3.63) is 73.4 Å². The van der Waals surface area contributed by atoms with Crippen LogP contribution in [0.2, 0.25) is 0 Å². The first kappa shape index (κ1) is 20.9. The van der Waals surface area contributed by atoms with Gasteiger partial charge in [-0.1, -0.05) is 42.5 Å². The summed E-state index contributed by atoms with van der Waals surface area (Å²) in [6.07, 6.45) is -3.10. The molecular formula is C19H12F3N5O2S2. The number of aromatic hydroxyl groups is 1. The fraction of sp³-hybridized carbons (Fsp3) is 0.105. The number of rotatable bonds is 4. The molecule has 0 unspecified atom stereocenters. The van der Waals surface area contributed by atoms with E-state index in [1.165, 1.54) is 22.8 Å². The largest absolute Gasteiger partial charge is 0.573 e. The Morgan fingerprint density at radius 1 is 1.06 bits per heavy atom. The third-order valence-electron chi connectivity index (χ3n) is 4.21. The number of hydrogen-bond donors (Lipinski definition) is 1. The van der Waals surface area contributed by atoms with E-state index in [0.717, 1.165) is 21.8 Å². The molecule has 12 heteroatoms. The number of aromatic nitrogens is 1. The molecule has 2 heterocycles. The average Bonchev–Trinajstić information content (AvgIpc) is 3.34. The van der Waals surface area contributed by atoms with Gasteiger partial charge >= 0.3 is 6.36 Å². The SMILES string of the molecule is Oc1c(C=c2ccc(=C3N=NN=N3)cc2)sc(=S)n1Cc1ccccc1OC(F)(F)F. The summed E-state index contributed by atoms with van der Waals surface area (Å²) in [5.74, 6) is -0.0908. The molecule has 0 aliphatic carbocycles. The van der Waals surface area contributed by atoms with Gasteiger partial charge in [0.25, 0.3) is 0 Å². The van der Waals surface area contributed by atoms with Gasteiger partial charge in [-0.15, -0.1) is 34.7 Å². The lowest BCUT2D eigenvalue weighted by molar-refractivity contribution is -0.274. The highest BCUT2D eigenvalue weighted by molar-refractivity contribution is 7.73. The van der Waals surface area contributed by atoms with Crippen LogP contribution in [0.15, 0.2) is 69.2 Å². The number of ether oxygens (including phenoxy) is 1. The summed E-state index contributed by atoms with van der Waals surface area (Å²) in [4.78, 5) is 0.472. The maximum atomic E-state index is 12.7. The molecule has 31 heavy (non-hydrogen) atoms. The predicted molar refractivity (Wildman–Crippen MR) is 109 cm³/mol. The third kappa shape index (κ3) is 4.86. The zero-order chi connectivity index (χ0) is 22.0. The minimum atomic E-state index is -4.82. The van der Waals surface area contributed by atoms with Gasteiger partial charge in [0, 0.05) is 10.8 Å². The van der Waals surface area contributed by atoms with Gasteiger partial charge in [-0.25, -0.2) is 0 Å². The van der Waals surface area contributed by atoms with Crippen LogP contribution in [0.5, 0.6) is 11.6 Å². The van der Waals surface area contributed by atoms with Crippen LogP contribution < -0.4 is 15.2 Å². The van der Waals surface area contributed by atoms with E-state index in [1.807, 2.05) is 0 Å². The van der Waals surface area contributed by atoms with E-state index in [2.05, 4.69) is 25.4 Å². The van der Waals surface area contributed by atoms with E-state index >= 15 is 0 Å². The molecule has 0 amide bonds. The maximum Gasteiger partial charge on any atom is 0.573 e. The zero-order valence-corrected chi connectivity index (χ0v) is 17.1. The second-order valence-corrected chi connectivity index (χ2v) is 7.94. The quantitative estimate of drug-likeness (QED) is 0.572. The number of thiazole rings is 1. The summed E-state index contributed by atoms with van der Waals surface area (Å²) in [6, 6.07) is 12.9. The van der Waals surface area contributed by atoms with Crippen LogP contribution in [0.25, 0.3) is 11.9 Å². The average molecular weight is 463 g/mol. The second kappa shape index (κ2) is 8.40. The van der Waals surface area contributed by atoms with Gasteiger partial charge < -0.3 is 9.84 Å². The van der Waals surface area contributed by atoms with Gasteiger partial charge in [0.2, 0.25) is 11.7 Å². The molecule has 7 nitrogen and oxygen atoms in total. The minimum absolute atomic E-state index is 0.0749. The number of benzene rings is 2. The Hall–Kier alpha value is -3.38. The number of halogens is 3. The van der Waals surface area contributed by atoms with E-state index in [9.17, 15) is 18.3 Å². The van der Waals surface area contributed by atoms with Crippen LogP contribution >= 0.6 is 23.6 Å². The first-order valence-electron chi connectivity index (χ1n) is 8.70. The number of hydrogen-bond acceptors (Lipinski definition) is 8. The molecule has 0 atom stereocenters. The van der Waals surface area contributed by atoms with Crippen molar-refractivity contribution < 1.29 is 23.0 Å². The summed E-state index contributed by atoms with van der Waals surface area (Å²) in [6.45, 7) is -0.0749. The lowest BCUT2D eigenvalue weighted by Crippen LogP contribution is -2.18. The summed E-state index contributed by atoms with van der Waals surface area (Å²) >= 11 is 6.45. The van der Waals surface area contributed by atoms with E-state index in [0.29, 0.717) is 14.7 Å². The van der Waals surface area contributed by atoms with Crippen molar-refractivity contribution in [1.29, 1.82) is 0 Å². The Morgan fingerprint density at radius 2 is 1.74 bits per heavy atom. The molecule has 0 fully saturated rings. The molecular weight excluding hydrogens is 451 g/mol. The molecule has 158 valence electrons. The molecule has 0 radical (unpaired) electrons. The molecule has 1 N–H and O–H groups in total. The summed E-state index contributed by atoms with van der Waals surface area (Å²) < 4.78 is 43.7. The smallest absolute Gasteiger partial charge is 0.493 e. The van der Waals surface area contributed by atoms with Gasteiger partial charge in [-0.2, -0.15) is 0 Å². The van der Waals surface area contributed by atoms with Crippen molar-refractivity contribution in [2.75, 3.05) is 0 Å². The zero-order valence-electron chi connectivity index (χ0n) is 15.4. The lowest BCUT2D eigenvalue weighted by atomic mass is 10.2. The van der Waals surface area contributed by atoms with Gasteiger partial charge in [-0.3, -0.25) is 4.57 Å². The number of nitrogens with zero attached hydrogens (tertiary/aromatic N) is 5. The summed E-state index contributed by atoms with van der Waals surface area (Å²) in [7, 11) is 0. The van der Waals surface area contributed by atoms with Gasteiger partial charge in [0.1, 0.15) is 5.75 Å². The van der Waals surface area contributed by atoms with Crippen molar-refractivity contribution in [3.8, 4) is 11.6 Å².